The lowest BCUT2D eigenvalue weighted by Gasteiger charge is -2.11. The summed E-state index contributed by atoms with van der Waals surface area (Å²) in [5.41, 5.74) is 2.40. The highest BCUT2D eigenvalue weighted by Crippen LogP contribution is 2.38. The molecular weight excluding hydrogens is 441 g/mol. The molecule has 30 heavy (non-hydrogen) atoms. The number of carbonyl (C=O) groups is 2. The van der Waals surface area contributed by atoms with Gasteiger partial charge in [-0.25, -0.2) is 4.98 Å². The fraction of sp³-hybridized carbons (Fsp3) is 0.227. The van der Waals surface area contributed by atoms with E-state index in [1.165, 1.54) is 11.3 Å². The molecule has 1 aliphatic rings. The smallest absolute Gasteiger partial charge is 0.257 e. The Balaban J connectivity index is 1.35. The second kappa shape index (κ2) is 9.16. The summed E-state index contributed by atoms with van der Waals surface area (Å²) in [4.78, 5) is 30.7. The number of carbonyl (C=O) groups excluding carboxylic acids is 2. The maximum absolute atomic E-state index is 12.7. The first-order valence-electron chi connectivity index (χ1n) is 9.58. The minimum Gasteiger partial charge on any atom is -0.355 e. The van der Waals surface area contributed by atoms with Crippen molar-refractivity contribution in [3.63, 3.8) is 0 Å². The molecule has 3 aromatic rings. The van der Waals surface area contributed by atoms with Crippen molar-refractivity contribution < 1.29 is 9.59 Å². The van der Waals surface area contributed by atoms with E-state index in [0.717, 1.165) is 35.4 Å². The highest BCUT2D eigenvalue weighted by atomic mass is 35.5. The van der Waals surface area contributed by atoms with Crippen LogP contribution < -0.4 is 10.6 Å². The predicted octanol–water partition coefficient (Wildman–Crippen LogP) is 5.09. The molecule has 1 heterocycles. The molecular formula is C22H19Cl2N3O2S. The Labute approximate surface area is 188 Å². The Morgan fingerprint density at radius 3 is 2.40 bits per heavy atom. The molecule has 1 aromatic heterocycles. The number of hydrogen-bond acceptors (Lipinski definition) is 4. The zero-order valence-electron chi connectivity index (χ0n) is 16.0. The van der Waals surface area contributed by atoms with Gasteiger partial charge in [-0.3, -0.25) is 14.9 Å². The van der Waals surface area contributed by atoms with Gasteiger partial charge < -0.3 is 5.32 Å². The molecule has 2 amide bonds. The number of rotatable bonds is 6. The van der Waals surface area contributed by atoms with Crippen LogP contribution in [-0.4, -0.2) is 23.3 Å². The van der Waals surface area contributed by atoms with E-state index in [1.54, 1.807) is 24.3 Å². The van der Waals surface area contributed by atoms with Gasteiger partial charge in [0, 0.05) is 27.0 Å². The Morgan fingerprint density at radius 1 is 1.03 bits per heavy atom. The van der Waals surface area contributed by atoms with E-state index in [-0.39, 0.29) is 17.7 Å². The van der Waals surface area contributed by atoms with E-state index in [4.69, 9.17) is 23.2 Å². The lowest BCUT2D eigenvalue weighted by atomic mass is 10.1. The third-order valence-electron chi connectivity index (χ3n) is 4.99. The van der Waals surface area contributed by atoms with Gasteiger partial charge in [0.05, 0.1) is 11.6 Å². The summed E-state index contributed by atoms with van der Waals surface area (Å²) in [7, 11) is 0. The first-order chi connectivity index (χ1) is 14.5. The summed E-state index contributed by atoms with van der Waals surface area (Å²) in [5.74, 6) is -0.547. The predicted molar refractivity (Wildman–Crippen MR) is 121 cm³/mol. The quantitative estimate of drug-likeness (QED) is 0.538. The van der Waals surface area contributed by atoms with Crippen LogP contribution in [0.1, 0.15) is 38.8 Å². The van der Waals surface area contributed by atoms with Crippen molar-refractivity contribution in [1.82, 2.24) is 10.3 Å². The molecule has 0 spiro atoms. The number of aryl methyl sites for hydroxylation is 1. The number of anilines is 1. The van der Waals surface area contributed by atoms with Gasteiger partial charge in [0.2, 0.25) is 5.91 Å². The fourth-order valence-corrected chi connectivity index (χ4v) is 4.70. The number of aromatic nitrogens is 1. The van der Waals surface area contributed by atoms with Crippen molar-refractivity contribution in [2.24, 2.45) is 0 Å². The van der Waals surface area contributed by atoms with Crippen molar-refractivity contribution in [3.05, 3.63) is 80.3 Å². The summed E-state index contributed by atoms with van der Waals surface area (Å²) in [6.07, 6.45) is 2.27. The Hall–Kier alpha value is -2.41. The minimum atomic E-state index is -0.275. The van der Waals surface area contributed by atoms with Crippen LogP contribution in [0.4, 0.5) is 5.13 Å². The molecule has 154 valence electrons. The van der Waals surface area contributed by atoms with E-state index < -0.39 is 0 Å². The van der Waals surface area contributed by atoms with Crippen LogP contribution in [0.25, 0.3) is 0 Å². The van der Waals surface area contributed by atoms with Gasteiger partial charge in [-0.15, -0.1) is 11.3 Å². The molecule has 0 aliphatic heterocycles. The molecule has 5 nitrogen and oxygen atoms in total. The zero-order chi connectivity index (χ0) is 21.1. The van der Waals surface area contributed by atoms with Gasteiger partial charge in [0.1, 0.15) is 0 Å². The van der Waals surface area contributed by atoms with Gasteiger partial charge in [-0.2, -0.15) is 0 Å². The molecule has 1 unspecified atom stereocenters. The first-order valence-corrected chi connectivity index (χ1v) is 11.2. The Morgan fingerprint density at radius 2 is 1.70 bits per heavy atom. The molecule has 4 rings (SSSR count). The summed E-state index contributed by atoms with van der Waals surface area (Å²) in [6.45, 7) is 0.552. The van der Waals surface area contributed by atoms with Gasteiger partial charge in [0.25, 0.3) is 5.91 Å². The van der Waals surface area contributed by atoms with E-state index in [2.05, 4.69) is 15.6 Å². The van der Waals surface area contributed by atoms with Crippen molar-refractivity contribution in [2.45, 2.75) is 25.2 Å². The highest BCUT2D eigenvalue weighted by molar-refractivity contribution is 7.16. The van der Waals surface area contributed by atoms with Crippen LogP contribution in [0.3, 0.4) is 0 Å². The normalized spacial score (nSPS) is 14.9. The van der Waals surface area contributed by atoms with Gasteiger partial charge in [-0.1, -0.05) is 35.3 Å². The van der Waals surface area contributed by atoms with Crippen LogP contribution in [0.5, 0.6) is 0 Å². The van der Waals surface area contributed by atoms with E-state index in [9.17, 15) is 9.59 Å². The number of nitrogens with zero attached hydrogens (tertiary/aromatic N) is 1. The van der Waals surface area contributed by atoms with E-state index >= 15 is 0 Å². The average Bonchev–Trinajstić information content (AvgIpc) is 3.30. The maximum atomic E-state index is 12.7. The third kappa shape index (κ3) is 4.83. The van der Waals surface area contributed by atoms with Crippen LogP contribution in [0.15, 0.2) is 48.5 Å². The van der Waals surface area contributed by atoms with Crippen LogP contribution in [0, 0.1) is 0 Å². The van der Waals surface area contributed by atoms with Crippen LogP contribution >= 0.6 is 34.5 Å². The molecule has 0 radical (unpaired) electrons. The fourth-order valence-electron chi connectivity index (χ4n) is 3.41. The molecule has 1 aliphatic carbocycles. The van der Waals surface area contributed by atoms with Crippen molar-refractivity contribution >= 4 is 51.5 Å². The highest BCUT2D eigenvalue weighted by Gasteiger charge is 2.32. The zero-order valence-corrected chi connectivity index (χ0v) is 18.3. The van der Waals surface area contributed by atoms with Crippen molar-refractivity contribution in [3.8, 4) is 0 Å². The molecule has 1 atom stereocenters. The molecule has 8 heteroatoms. The molecule has 0 fully saturated rings. The first kappa shape index (κ1) is 20.8. The van der Waals surface area contributed by atoms with Gasteiger partial charge in [-0.05, 0) is 61.2 Å². The average molecular weight is 460 g/mol. The lowest BCUT2D eigenvalue weighted by molar-refractivity contribution is -0.122. The third-order valence-corrected chi connectivity index (χ3v) is 6.54. The Kier molecular flexibility index (Phi) is 6.37. The monoisotopic (exact) mass is 459 g/mol. The number of nitrogens with one attached hydrogen (secondary N) is 2. The van der Waals surface area contributed by atoms with Gasteiger partial charge in [0.15, 0.2) is 5.13 Å². The Bertz CT molecular complexity index is 1060. The lowest BCUT2D eigenvalue weighted by Crippen LogP contribution is -2.30. The summed E-state index contributed by atoms with van der Waals surface area (Å²) >= 11 is 13.2. The molecule has 0 saturated heterocycles. The number of fused-ring (bicyclic) bond motifs is 1. The molecule has 0 saturated carbocycles. The minimum absolute atomic E-state index is 0.0245. The SMILES string of the molecule is O=C(Nc1nc2c(s1)CCC2C(=O)NCCc1ccc(Cl)cc1)c1ccc(Cl)cc1. The van der Waals surface area contributed by atoms with Crippen LogP contribution in [-0.2, 0) is 17.6 Å². The van der Waals surface area contributed by atoms with Gasteiger partial charge >= 0.3 is 0 Å². The summed E-state index contributed by atoms with van der Waals surface area (Å²) in [5, 5.41) is 7.61. The standard InChI is InChI=1S/C22H19Cl2N3O2S/c23-15-5-1-13(2-6-15)11-12-25-21(29)17-9-10-18-19(17)26-22(30-18)27-20(28)14-3-7-16(24)8-4-14/h1-8,17H,9-12H2,(H,25,29)(H,26,27,28). The number of halogens is 2. The number of hydrogen-bond donors (Lipinski definition) is 2. The van der Waals surface area contributed by atoms with E-state index in [0.29, 0.717) is 27.3 Å². The number of benzene rings is 2. The van der Waals surface area contributed by atoms with Crippen molar-refractivity contribution in [1.29, 1.82) is 0 Å². The summed E-state index contributed by atoms with van der Waals surface area (Å²) in [6, 6.07) is 14.3. The topological polar surface area (TPSA) is 71.1 Å². The summed E-state index contributed by atoms with van der Waals surface area (Å²) < 4.78 is 0. The second-order valence-corrected chi connectivity index (χ2v) is 9.00. The maximum Gasteiger partial charge on any atom is 0.257 e. The number of amides is 2. The number of thiazole rings is 1. The molecule has 0 bridgehead atoms. The largest absolute Gasteiger partial charge is 0.355 e. The molecule has 2 N–H and O–H groups in total. The second-order valence-electron chi connectivity index (χ2n) is 7.05. The molecule has 2 aromatic carbocycles. The van der Waals surface area contributed by atoms with Crippen molar-refractivity contribution in [2.75, 3.05) is 11.9 Å². The van der Waals surface area contributed by atoms with E-state index in [1.807, 2.05) is 24.3 Å². The van der Waals surface area contributed by atoms with Crippen LogP contribution in [0.2, 0.25) is 10.0 Å².